The van der Waals surface area contributed by atoms with Gasteiger partial charge in [0.25, 0.3) is 0 Å². The summed E-state index contributed by atoms with van der Waals surface area (Å²) in [6.45, 7) is 1.45. The monoisotopic (exact) mass is 399 g/mol. The van der Waals surface area contributed by atoms with Crippen molar-refractivity contribution < 1.29 is 13.7 Å². The average molecular weight is 399 g/mol. The van der Waals surface area contributed by atoms with Crippen molar-refractivity contribution in [2.24, 2.45) is 5.14 Å². The predicted octanol–water partition coefficient (Wildman–Crippen LogP) is 2.16. The van der Waals surface area contributed by atoms with Crippen molar-refractivity contribution in [1.82, 2.24) is 9.97 Å². The van der Waals surface area contributed by atoms with E-state index in [2.05, 4.69) is 25.7 Å². The number of methoxy groups -OCH3 is 2. The number of fused-ring (bicyclic) bond motifs is 2. The molecule has 1 aliphatic rings. The summed E-state index contributed by atoms with van der Waals surface area (Å²) in [4.78, 5) is 11.1. The second-order valence-corrected chi connectivity index (χ2v) is 7.23. The number of nitrogens with two attached hydrogens (primary N) is 1. The Labute approximate surface area is 165 Å². The van der Waals surface area contributed by atoms with Crippen molar-refractivity contribution in [1.29, 1.82) is 0 Å². The molecule has 3 aromatic rings. The summed E-state index contributed by atoms with van der Waals surface area (Å²) in [5.41, 5.74) is 3.89. The number of nitrogens with one attached hydrogen (secondary N) is 1. The summed E-state index contributed by atoms with van der Waals surface area (Å²) in [7, 11) is 3.22. The van der Waals surface area contributed by atoms with E-state index in [4.69, 9.17) is 14.6 Å². The number of hydrogen-bond donors (Lipinski definition) is 2. The summed E-state index contributed by atoms with van der Waals surface area (Å²) >= 11 is -1.59. The van der Waals surface area contributed by atoms with E-state index in [9.17, 15) is 4.21 Å². The number of ether oxygens (including phenoxy) is 2. The van der Waals surface area contributed by atoms with Gasteiger partial charge in [0, 0.05) is 24.5 Å². The number of anilines is 2. The van der Waals surface area contributed by atoms with E-state index in [0.717, 1.165) is 46.5 Å². The van der Waals surface area contributed by atoms with Crippen molar-refractivity contribution in [3.8, 4) is 11.5 Å². The molecular weight excluding hydrogens is 378 g/mol. The molecule has 2 heterocycles. The van der Waals surface area contributed by atoms with Gasteiger partial charge in [0.15, 0.2) is 22.7 Å². The quantitative estimate of drug-likeness (QED) is 0.682. The van der Waals surface area contributed by atoms with Crippen molar-refractivity contribution in [3.63, 3.8) is 0 Å². The van der Waals surface area contributed by atoms with E-state index >= 15 is 0 Å². The maximum absolute atomic E-state index is 11.4. The molecule has 146 valence electrons. The lowest BCUT2D eigenvalue weighted by atomic mass is 9.98. The van der Waals surface area contributed by atoms with Crippen LogP contribution in [0.3, 0.4) is 0 Å². The molecule has 28 heavy (non-hydrogen) atoms. The minimum Gasteiger partial charge on any atom is -0.493 e. The normalized spacial score (nSPS) is 14.5. The average Bonchev–Trinajstić information content (AvgIpc) is 2.71. The van der Waals surface area contributed by atoms with Gasteiger partial charge in [-0.3, -0.25) is 4.72 Å². The van der Waals surface area contributed by atoms with E-state index in [1.807, 2.05) is 24.3 Å². The van der Waals surface area contributed by atoms with E-state index in [1.54, 1.807) is 20.5 Å². The molecule has 0 fully saturated rings. The van der Waals surface area contributed by atoms with Crippen LogP contribution < -0.4 is 24.2 Å². The predicted molar refractivity (Wildman–Crippen MR) is 110 cm³/mol. The molecule has 1 aromatic heterocycles. The fourth-order valence-corrected chi connectivity index (χ4v) is 4.02. The van der Waals surface area contributed by atoms with Gasteiger partial charge < -0.3 is 14.4 Å². The number of rotatable bonds is 5. The Morgan fingerprint density at radius 1 is 1.18 bits per heavy atom. The molecule has 3 N–H and O–H groups in total. The highest BCUT2D eigenvalue weighted by molar-refractivity contribution is 7.84. The van der Waals surface area contributed by atoms with Gasteiger partial charge in [-0.25, -0.2) is 19.3 Å². The van der Waals surface area contributed by atoms with Crippen LogP contribution in [-0.2, 0) is 24.1 Å². The maximum atomic E-state index is 11.4. The minimum atomic E-state index is -1.59. The molecule has 0 spiro atoms. The van der Waals surface area contributed by atoms with E-state index in [-0.39, 0.29) is 0 Å². The lowest BCUT2D eigenvalue weighted by Gasteiger charge is -2.31. The highest BCUT2D eigenvalue weighted by atomic mass is 32.2. The Kier molecular flexibility index (Phi) is 5.01. The van der Waals surface area contributed by atoms with Gasteiger partial charge in [0.1, 0.15) is 12.1 Å². The molecular formula is C19H21N5O3S. The third-order valence-electron chi connectivity index (χ3n) is 4.90. The van der Waals surface area contributed by atoms with Crippen molar-refractivity contribution in [2.45, 2.75) is 13.0 Å². The SMILES string of the molecule is COc1cc2ncnc(N3CCc4c(cccc4NS(N)=O)C3)c2cc1OC. The van der Waals surface area contributed by atoms with Crippen LogP contribution >= 0.6 is 0 Å². The second-order valence-electron chi connectivity index (χ2n) is 6.44. The fourth-order valence-electron chi connectivity index (χ4n) is 3.62. The van der Waals surface area contributed by atoms with Crippen LogP contribution in [0.2, 0.25) is 0 Å². The first kappa shape index (κ1) is 18.5. The molecule has 8 nitrogen and oxygen atoms in total. The summed E-state index contributed by atoms with van der Waals surface area (Å²) in [6, 6.07) is 9.67. The Morgan fingerprint density at radius 2 is 1.96 bits per heavy atom. The van der Waals surface area contributed by atoms with Crippen LogP contribution in [0.5, 0.6) is 11.5 Å². The third-order valence-corrected chi connectivity index (χ3v) is 5.32. The Bertz CT molecular complexity index is 1060. The zero-order valence-electron chi connectivity index (χ0n) is 15.6. The molecule has 0 saturated heterocycles. The van der Waals surface area contributed by atoms with E-state index in [1.165, 1.54) is 0 Å². The van der Waals surface area contributed by atoms with Crippen LogP contribution in [0.15, 0.2) is 36.7 Å². The zero-order chi connectivity index (χ0) is 19.7. The largest absolute Gasteiger partial charge is 0.493 e. The molecule has 4 rings (SSSR count). The zero-order valence-corrected chi connectivity index (χ0v) is 16.5. The number of nitrogens with zero attached hydrogens (tertiary/aromatic N) is 3. The van der Waals surface area contributed by atoms with E-state index < -0.39 is 11.2 Å². The second kappa shape index (κ2) is 7.61. The number of benzene rings is 2. The first-order chi connectivity index (χ1) is 13.6. The van der Waals surface area contributed by atoms with Gasteiger partial charge in [-0.05, 0) is 29.7 Å². The molecule has 0 saturated carbocycles. The van der Waals surface area contributed by atoms with Crippen LogP contribution in [0.25, 0.3) is 10.9 Å². The summed E-state index contributed by atoms with van der Waals surface area (Å²) < 4.78 is 25.0. The first-order valence-corrected chi connectivity index (χ1v) is 9.97. The summed E-state index contributed by atoms with van der Waals surface area (Å²) in [6.07, 6.45) is 2.35. The standard InChI is InChI=1S/C19H21N5O3S/c1-26-17-8-14-16(9-18(17)27-2)21-11-22-19(14)24-7-6-13-12(10-24)4-3-5-15(13)23-28(20)25/h3-5,8-9,11,23H,6-7,10,20H2,1-2H3. The van der Waals surface area contributed by atoms with Gasteiger partial charge in [-0.1, -0.05) is 12.1 Å². The molecule has 0 radical (unpaired) electrons. The molecule has 0 aliphatic carbocycles. The lowest BCUT2D eigenvalue weighted by Crippen LogP contribution is -2.32. The smallest absolute Gasteiger partial charge is 0.190 e. The van der Waals surface area contributed by atoms with Crippen LogP contribution in [0.4, 0.5) is 11.5 Å². The van der Waals surface area contributed by atoms with Crippen LogP contribution in [0, 0.1) is 0 Å². The molecule has 1 unspecified atom stereocenters. The van der Waals surface area contributed by atoms with Gasteiger partial charge in [0.2, 0.25) is 0 Å². The summed E-state index contributed by atoms with van der Waals surface area (Å²) in [5, 5.41) is 6.30. The Hall–Kier alpha value is -2.91. The minimum absolute atomic E-state index is 0.633. The molecule has 1 aliphatic heterocycles. The molecule has 1 atom stereocenters. The van der Waals surface area contributed by atoms with E-state index in [0.29, 0.717) is 18.0 Å². The van der Waals surface area contributed by atoms with Crippen LogP contribution in [0.1, 0.15) is 11.1 Å². The van der Waals surface area contributed by atoms with Gasteiger partial charge in [-0.2, -0.15) is 0 Å². The van der Waals surface area contributed by atoms with Gasteiger partial charge >= 0.3 is 0 Å². The van der Waals surface area contributed by atoms with Crippen molar-refractivity contribution >= 4 is 33.6 Å². The summed E-state index contributed by atoms with van der Waals surface area (Å²) in [5.74, 6) is 2.12. The third kappa shape index (κ3) is 3.34. The number of aromatic nitrogens is 2. The lowest BCUT2D eigenvalue weighted by molar-refractivity contribution is 0.356. The van der Waals surface area contributed by atoms with Crippen LogP contribution in [-0.4, -0.2) is 34.9 Å². The molecule has 0 amide bonds. The topological polar surface area (TPSA) is 103 Å². The first-order valence-electron chi connectivity index (χ1n) is 8.76. The fraction of sp³-hybridized carbons (Fsp3) is 0.263. The Balaban J connectivity index is 1.73. The van der Waals surface area contributed by atoms with Gasteiger partial charge in [0.05, 0.1) is 25.4 Å². The molecule has 2 aromatic carbocycles. The highest BCUT2D eigenvalue weighted by Crippen LogP contribution is 2.36. The number of hydrogen-bond acceptors (Lipinski definition) is 6. The maximum Gasteiger partial charge on any atom is 0.190 e. The van der Waals surface area contributed by atoms with Crippen molar-refractivity contribution in [3.05, 3.63) is 47.8 Å². The highest BCUT2D eigenvalue weighted by Gasteiger charge is 2.22. The Morgan fingerprint density at radius 3 is 2.71 bits per heavy atom. The molecule has 0 bridgehead atoms. The molecule has 9 heteroatoms. The van der Waals surface area contributed by atoms with Gasteiger partial charge in [-0.15, -0.1) is 0 Å². The van der Waals surface area contributed by atoms with Crippen molar-refractivity contribution in [2.75, 3.05) is 30.4 Å².